The van der Waals surface area contributed by atoms with Gasteiger partial charge in [0.15, 0.2) is 0 Å². The number of carbonyl (C=O) groups excluding carboxylic acids is 1. The van der Waals surface area contributed by atoms with Gasteiger partial charge in [-0.05, 0) is 18.6 Å². The van der Waals surface area contributed by atoms with Gasteiger partial charge in [-0.3, -0.25) is 9.69 Å². The van der Waals surface area contributed by atoms with Crippen LogP contribution in [0, 0.1) is 0 Å². The van der Waals surface area contributed by atoms with Crippen LogP contribution in [0.25, 0.3) is 0 Å². The summed E-state index contributed by atoms with van der Waals surface area (Å²) in [6, 6.07) is 3.79. The van der Waals surface area contributed by atoms with Crippen molar-refractivity contribution in [1.82, 2.24) is 4.90 Å². The molecule has 0 spiro atoms. The largest absolute Gasteiger partial charge is 0.469 e. The highest BCUT2D eigenvalue weighted by Gasteiger charge is 2.34. The van der Waals surface area contributed by atoms with Gasteiger partial charge in [-0.1, -0.05) is 0 Å². The van der Waals surface area contributed by atoms with E-state index in [0.717, 1.165) is 31.7 Å². The average molecular weight is 209 g/mol. The predicted octanol–water partition coefficient (Wildman–Crippen LogP) is 1.07. The second kappa shape index (κ2) is 4.49. The van der Waals surface area contributed by atoms with E-state index < -0.39 is 0 Å². The number of nitrogens with zero attached hydrogens (tertiary/aromatic N) is 1. The first-order valence-corrected chi connectivity index (χ1v) is 5.15. The number of esters is 1. The van der Waals surface area contributed by atoms with Crippen molar-refractivity contribution in [2.24, 2.45) is 0 Å². The summed E-state index contributed by atoms with van der Waals surface area (Å²) in [7, 11) is 1.44. The van der Waals surface area contributed by atoms with Gasteiger partial charge in [-0.25, -0.2) is 0 Å². The fourth-order valence-electron chi connectivity index (χ4n) is 1.82. The molecule has 2 heterocycles. The first-order valence-electron chi connectivity index (χ1n) is 5.15. The van der Waals surface area contributed by atoms with Crippen LogP contribution in [0.4, 0.5) is 0 Å². The zero-order valence-electron chi connectivity index (χ0n) is 8.81. The minimum absolute atomic E-state index is 0.0371. The fourth-order valence-corrected chi connectivity index (χ4v) is 1.82. The quantitative estimate of drug-likeness (QED) is 0.696. The van der Waals surface area contributed by atoms with E-state index in [-0.39, 0.29) is 12.0 Å². The van der Waals surface area contributed by atoms with Gasteiger partial charge >= 0.3 is 5.97 Å². The molecule has 0 N–H and O–H groups in total. The van der Waals surface area contributed by atoms with Crippen molar-refractivity contribution >= 4 is 5.97 Å². The highest BCUT2D eigenvalue weighted by atomic mass is 16.5. The zero-order chi connectivity index (χ0) is 10.7. The number of furan rings is 1. The number of carbonyl (C=O) groups is 1. The van der Waals surface area contributed by atoms with E-state index in [0.29, 0.717) is 0 Å². The summed E-state index contributed by atoms with van der Waals surface area (Å²) in [5.74, 6) is 0.839. The van der Waals surface area contributed by atoms with E-state index >= 15 is 0 Å². The van der Waals surface area contributed by atoms with Crippen molar-refractivity contribution in [3.8, 4) is 0 Å². The molecule has 1 aliphatic rings. The molecule has 0 amide bonds. The van der Waals surface area contributed by atoms with Crippen molar-refractivity contribution in [3.05, 3.63) is 24.2 Å². The molecule has 1 unspecified atom stereocenters. The summed E-state index contributed by atoms with van der Waals surface area (Å²) in [4.78, 5) is 13.4. The normalized spacial score (nSPS) is 21.0. The molecule has 1 aromatic rings. The lowest BCUT2D eigenvalue weighted by Crippen LogP contribution is -2.53. The number of rotatable bonds is 4. The molecule has 1 fully saturated rings. The molecule has 2 rings (SSSR count). The summed E-state index contributed by atoms with van der Waals surface area (Å²) >= 11 is 0. The molecule has 0 aliphatic carbocycles. The number of ether oxygens (including phenoxy) is 1. The van der Waals surface area contributed by atoms with E-state index in [9.17, 15) is 4.79 Å². The third-order valence-electron chi connectivity index (χ3n) is 2.83. The third-order valence-corrected chi connectivity index (χ3v) is 2.83. The smallest absolute Gasteiger partial charge is 0.323 e. The van der Waals surface area contributed by atoms with Crippen molar-refractivity contribution in [2.45, 2.75) is 18.9 Å². The Morgan fingerprint density at radius 2 is 2.60 bits per heavy atom. The van der Waals surface area contributed by atoms with E-state index in [1.54, 1.807) is 6.26 Å². The van der Waals surface area contributed by atoms with E-state index in [1.165, 1.54) is 7.11 Å². The van der Waals surface area contributed by atoms with Gasteiger partial charge in [-0.2, -0.15) is 0 Å². The van der Waals surface area contributed by atoms with Gasteiger partial charge in [0.05, 0.1) is 13.4 Å². The minimum atomic E-state index is -0.124. The lowest BCUT2D eigenvalue weighted by atomic mass is 10.0. The summed E-state index contributed by atoms with van der Waals surface area (Å²) < 4.78 is 9.95. The van der Waals surface area contributed by atoms with Gasteiger partial charge in [0.2, 0.25) is 0 Å². The van der Waals surface area contributed by atoms with Crippen LogP contribution in [0.5, 0.6) is 0 Å². The Morgan fingerprint density at radius 1 is 1.73 bits per heavy atom. The standard InChI is InChI=1S/C11H15NO3/c1-14-11(13)10-5-7-12(10)6-4-9-3-2-8-15-9/h2-3,8,10H,4-7H2,1H3. The maximum absolute atomic E-state index is 11.3. The van der Waals surface area contributed by atoms with Gasteiger partial charge in [0, 0.05) is 19.5 Å². The maximum atomic E-state index is 11.3. The summed E-state index contributed by atoms with van der Waals surface area (Å²) in [5.41, 5.74) is 0. The molecule has 4 nitrogen and oxygen atoms in total. The van der Waals surface area contributed by atoms with E-state index in [1.807, 2.05) is 12.1 Å². The number of hydrogen-bond donors (Lipinski definition) is 0. The van der Waals surface area contributed by atoms with Crippen LogP contribution in [-0.4, -0.2) is 37.1 Å². The number of likely N-dealkylation sites (tertiary alicyclic amines) is 1. The highest BCUT2D eigenvalue weighted by molar-refractivity contribution is 5.76. The van der Waals surface area contributed by atoms with Crippen LogP contribution in [0.15, 0.2) is 22.8 Å². The van der Waals surface area contributed by atoms with Gasteiger partial charge in [0.1, 0.15) is 11.8 Å². The minimum Gasteiger partial charge on any atom is -0.469 e. The van der Waals surface area contributed by atoms with E-state index in [4.69, 9.17) is 9.15 Å². The van der Waals surface area contributed by atoms with Crippen LogP contribution in [0.2, 0.25) is 0 Å². The van der Waals surface area contributed by atoms with Crippen LogP contribution < -0.4 is 0 Å². The van der Waals surface area contributed by atoms with Crippen LogP contribution in [0.3, 0.4) is 0 Å². The monoisotopic (exact) mass is 209 g/mol. The van der Waals surface area contributed by atoms with Gasteiger partial charge < -0.3 is 9.15 Å². The number of hydrogen-bond acceptors (Lipinski definition) is 4. The molecule has 1 aromatic heterocycles. The molecule has 0 radical (unpaired) electrons. The second-order valence-electron chi connectivity index (χ2n) is 3.69. The molecular formula is C11H15NO3. The molecule has 15 heavy (non-hydrogen) atoms. The molecule has 0 saturated carbocycles. The Morgan fingerprint density at radius 3 is 3.13 bits per heavy atom. The molecule has 1 saturated heterocycles. The van der Waals surface area contributed by atoms with Crippen molar-refractivity contribution in [3.63, 3.8) is 0 Å². The van der Waals surface area contributed by atoms with Gasteiger partial charge in [0.25, 0.3) is 0 Å². The lowest BCUT2D eigenvalue weighted by Gasteiger charge is -2.38. The Balaban J connectivity index is 1.78. The molecule has 82 valence electrons. The van der Waals surface area contributed by atoms with Crippen LogP contribution in [0.1, 0.15) is 12.2 Å². The third kappa shape index (κ3) is 2.21. The van der Waals surface area contributed by atoms with Gasteiger partial charge in [-0.15, -0.1) is 0 Å². The van der Waals surface area contributed by atoms with Crippen molar-refractivity contribution < 1.29 is 13.9 Å². The fraction of sp³-hybridized carbons (Fsp3) is 0.545. The molecule has 1 atom stereocenters. The Bertz CT molecular complexity index is 321. The Hall–Kier alpha value is -1.29. The molecule has 0 aromatic carbocycles. The Labute approximate surface area is 88.8 Å². The Kier molecular flexibility index (Phi) is 3.06. The van der Waals surface area contributed by atoms with Crippen LogP contribution >= 0.6 is 0 Å². The molecule has 1 aliphatic heterocycles. The molecule has 0 bridgehead atoms. The van der Waals surface area contributed by atoms with Crippen LogP contribution in [-0.2, 0) is 16.0 Å². The molecule has 4 heteroatoms. The first-order chi connectivity index (χ1) is 7.31. The lowest BCUT2D eigenvalue weighted by molar-refractivity contribution is -0.151. The first kappa shape index (κ1) is 10.2. The summed E-state index contributed by atoms with van der Waals surface area (Å²) in [5, 5.41) is 0. The topological polar surface area (TPSA) is 42.7 Å². The molecular weight excluding hydrogens is 194 g/mol. The second-order valence-corrected chi connectivity index (χ2v) is 3.69. The van der Waals surface area contributed by atoms with Crippen molar-refractivity contribution in [2.75, 3.05) is 20.2 Å². The zero-order valence-corrected chi connectivity index (χ0v) is 8.81. The number of methoxy groups -OCH3 is 1. The van der Waals surface area contributed by atoms with Crippen molar-refractivity contribution in [1.29, 1.82) is 0 Å². The summed E-state index contributed by atoms with van der Waals surface area (Å²) in [6.45, 7) is 1.83. The highest BCUT2D eigenvalue weighted by Crippen LogP contribution is 2.18. The maximum Gasteiger partial charge on any atom is 0.323 e. The summed E-state index contributed by atoms with van der Waals surface area (Å²) in [6.07, 6.45) is 3.43. The predicted molar refractivity (Wildman–Crippen MR) is 54.4 cm³/mol. The average Bonchev–Trinajstić information content (AvgIpc) is 2.69. The van der Waals surface area contributed by atoms with E-state index in [2.05, 4.69) is 4.90 Å². The SMILES string of the molecule is COC(=O)C1CCN1CCc1ccco1.